The van der Waals surface area contributed by atoms with Gasteiger partial charge in [-0.2, -0.15) is 4.31 Å². The van der Waals surface area contributed by atoms with Crippen LogP contribution in [0.2, 0.25) is 5.02 Å². The van der Waals surface area contributed by atoms with E-state index < -0.39 is 10.0 Å². The van der Waals surface area contributed by atoms with Gasteiger partial charge in [0.2, 0.25) is 10.0 Å². The van der Waals surface area contributed by atoms with Gasteiger partial charge in [-0.1, -0.05) is 59.6 Å². The van der Waals surface area contributed by atoms with Crippen molar-refractivity contribution in [3.8, 4) is 0 Å². The van der Waals surface area contributed by atoms with Crippen LogP contribution in [-0.2, 0) is 10.0 Å². The van der Waals surface area contributed by atoms with E-state index in [0.29, 0.717) is 23.1 Å². The van der Waals surface area contributed by atoms with Crippen LogP contribution in [0.4, 0.5) is 5.69 Å². The molecule has 0 bridgehead atoms. The average Bonchev–Trinajstić information content (AvgIpc) is 3.16. The maximum absolute atomic E-state index is 13.2. The summed E-state index contributed by atoms with van der Waals surface area (Å²) < 4.78 is 28.0. The first-order chi connectivity index (χ1) is 13.4. The second-order valence-electron chi connectivity index (χ2n) is 6.97. The predicted octanol–water partition coefficient (Wildman–Crippen LogP) is 4.86. The van der Waals surface area contributed by atoms with E-state index in [0.717, 1.165) is 16.8 Å². The summed E-state index contributed by atoms with van der Waals surface area (Å²) in [5, 5.41) is 0.664. The number of sulfonamides is 1. The lowest BCUT2D eigenvalue weighted by Gasteiger charge is -2.26. The molecule has 1 aliphatic heterocycles. The maximum Gasteiger partial charge on any atom is 0.244 e. The molecule has 0 aliphatic carbocycles. The molecule has 3 aromatic rings. The van der Waals surface area contributed by atoms with Crippen molar-refractivity contribution >= 4 is 27.3 Å². The van der Waals surface area contributed by atoms with Crippen LogP contribution in [0.5, 0.6) is 0 Å². The van der Waals surface area contributed by atoms with Gasteiger partial charge < -0.3 is 4.90 Å². The van der Waals surface area contributed by atoms with E-state index in [4.69, 9.17) is 11.6 Å². The number of halogens is 1. The molecule has 1 fully saturated rings. The Kier molecular flexibility index (Phi) is 5.15. The lowest BCUT2D eigenvalue weighted by atomic mass is 10.1. The van der Waals surface area contributed by atoms with Gasteiger partial charge in [0.25, 0.3) is 0 Å². The van der Waals surface area contributed by atoms with Gasteiger partial charge in [-0.15, -0.1) is 0 Å². The molecule has 3 aromatic carbocycles. The number of benzene rings is 3. The molecule has 0 aromatic heterocycles. The zero-order valence-corrected chi connectivity index (χ0v) is 17.1. The second kappa shape index (κ2) is 7.59. The Morgan fingerprint density at radius 2 is 1.54 bits per heavy atom. The van der Waals surface area contributed by atoms with Crippen molar-refractivity contribution in [3.05, 3.63) is 95.0 Å². The van der Waals surface area contributed by atoms with E-state index in [-0.39, 0.29) is 6.04 Å². The van der Waals surface area contributed by atoms with Gasteiger partial charge in [0, 0.05) is 17.3 Å². The van der Waals surface area contributed by atoms with Gasteiger partial charge in [0.05, 0.1) is 17.6 Å². The fourth-order valence-corrected chi connectivity index (χ4v) is 5.02. The van der Waals surface area contributed by atoms with Crippen molar-refractivity contribution < 1.29 is 8.42 Å². The highest BCUT2D eigenvalue weighted by molar-refractivity contribution is 7.89. The normalized spacial score (nSPS) is 17.8. The minimum atomic E-state index is -3.58. The summed E-state index contributed by atoms with van der Waals surface area (Å²) in [5.74, 6) is 0. The van der Waals surface area contributed by atoms with Gasteiger partial charge in [0.1, 0.15) is 0 Å². The second-order valence-corrected chi connectivity index (χ2v) is 9.34. The van der Waals surface area contributed by atoms with Crippen molar-refractivity contribution in [2.45, 2.75) is 17.9 Å². The smallest absolute Gasteiger partial charge is 0.244 e. The van der Waals surface area contributed by atoms with Crippen LogP contribution in [-0.4, -0.2) is 25.9 Å². The summed E-state index contributed by atoms with van der Waals surface area (Å²) in [6.07, 6.45) is 0. The number of rotatable bonds is 4. The highest BCUT2D eigenvalue weighted by Crippen LogP contribution is 2.35. The molecule has 1 atom stereocenters. The van der Waals surface area contributed by atoms with Crippen molar-refractivity contribution in [1.82, 2.24) is 4.31 Å². The SMILES string of the molecule is Cc1ccc(S(=O)(=O)N2CC(c3ccc(Cl)cc3)N(c3ccccc3)C2)cc1. The van der Waals surface area contributed by atoms with E-state index in [9.17, 15) is 8.42 Å². The van der Waals surface area contributed by atoms with Crippen molar-refractivity contribution in [2.24, 2.45) is 0 Å². The molecule has 28 heavy (non-hydrogen) atoms. The zero-order chi connectivity index (χ0) is 19.7. The Balaban J connectivity index is 1.71. The van der Waals surface area contributed by atoms with Crippen LogP contribution in [0.3, 0.4) is 0 Å². The highest BCUT2D eigenvalue weighted by atomic mass is 35.5. The first-order valence-electron chi connectivity index (χ1n) is 9.09. The van der Waals surface area contributed by atoms with Crippen LogP contribution in [0.15, 0.2) is 83.8 Å². The number of nitrogens with zero attached hydrogens (tertiary/aromatic N) is 2. The van der Waals surface area contributed by atoms with Gasteiger partial charge in [0.15, 0.2) is 0 Å². The Hall–Kier alpha value is -2.34. The van der Waals surface area contributed by atoms with Crippen LogP contribution in [0, 0.1) is 6.92 Å². The summed E-state index contributed by atoms with van der Waals surface area (Å²) in [6.45, 7) is 2.63. The first kappa shape index (κ1) is 19.0. The molecule has 4 nitrogen and oxygen atoms in total. The zero-order valence-electron chi connectivity index (χ0n) is 15.5. The molecule has 144 valence electrons. The van der Waals surface area contributed by atoms with Crippen molar-refractivity contribution in [1.29, 1.82) is 0 Å². The van der Waals surface area contributed by atoms with Crippen LogP contribution >= 0.6 is 11.6 Å². The molecule has 0 spiro atoms. The van der Waals surface area contributed by atoms with Crippen LogP contribution in [0.1, 0.15) is 17.2 Å². The first-order valence-corrected chi connectivity index (χ1v) is 10.9. The topological polar surface area (TPSA) is 40.6 Å². The minimum absolute atomic E-state index is 0.0834. The fraction of sp³-hybridized carbons (Fsp3) is 0.182. The molecule has 1 saturated heterocycles. The Labute approximate surface area is 171 Å². The molecule has 0 saturated carbocycles. The number of hydrogen-bond donors (Lipinski definition) is 0. The van der Waals surface area contributed by atoms with Crippen molar-refractivity contribution in [3.63, 3.8) is 0 Å². The third-order valence-electron chi connectivity index (χ3n) is 5.06. The fourth-order valence-electron chi connectivity index (χ4n) is 3.50. The number of hydrogen-bond acceptors (Lipinski definition) is 3. The molecular weight excluding hydrogens is 392 g/mol. The number of para-hydroxylation sites is 1. The predicted molar refractivity (Wildman–Crippen MR) is 113 cm³/mol. The Morgan fingerprint density at radius 3 is 2.18 bits per heavy atom. The van der Waals surface area contributed by atoms with Crippen molar-refractivity contribution in [2.75, 3.05) is 18.1 Å². The van der Waals surface area contributed by atoms with E-state index in [1.165, 1.54) is 0 Å². The van der Waals surface area contributed by atoms with E-state index in [2.05, 4.69) is 4.90 Å². The summed E-state index contributed by atoms with van der Waals surface area (Å²) in [4.78, 5) is 2.44. The van der Waals surface area contributed by atoms with E-state index in [1.54, 1.807) is 16.4 Å². The minimum Gasteiger partial charge on any atom is -0.349 e. The molecule has 4 rings (SSSR count). The molecule has 1 aliphatic rings. The summed E-state index contributed by atoms with van der Waals surface area (Å²) in [6, 6.07) is 24.4. The molecule has 1 unspecified atom stereocenters. The molecule has 0 radical (unpaired) electrons. The van der Waals surface area contributed by atoms with Gasteiger partial charge >= 0.3 is 0 Å². The van der Waals surface area contributed by atoms with Gasteiger partial charge in [-0.25, -0.2) is 8.42 Å². The van der Waals surface area contributed by atoms with Gasteiger partial charge in [-0.05, 0) is 48.9 Å². The molecule has 6 heteroatoms. The molecular formula is C22H21ClN2O2S. The third-order valence-corrected chi connectivity index (χ3v) is 7.13. The molecule has 0 amide bonds. The maximum atomic E-state index is 13.2. The molecule has 1 heterocycles. The number of aryl methyl sites for hydroxylation is 1. The van der Waals surface area contributed by atoms with E-state index >= 15 is 0 Å². The third kappa shape index (κ3) is 3.65. The molecule has 0 N–H and O–H groups in total. The lowest BCUT2D eigenvalue weighted by molar-refractivity contribution is 0.473. The largest absolute Gasteiger partial charge is 0.349 e. The van der Waals surface area contributed by atoms with Crippen LogP contribution < -0.4 is 4.90 Å². The summed E-state index contributed by atoms with van der Waals surface area (Å²) >= 11 is 6.05. The Bertz CT molecular complexity index is 1050. The highest BCUT2D eigenvalue weighted by Gasteiger charge is 2.38. The monoisotopic (exact) mass is 412 g/mol. The van der Waals surface area contributed by atoms with Gasteiger partial charge in [-0.3, -0.25) is 0 Å². The standard InChI is InChI=1S/C22H21ClN2O2S/c1-17-7-13-21(14-8-17)28(26,27)24-15-22(18-9-11-19(23)12-10-18)25(16-24)20-5-3-2-4-6-20/h2-14,22H,15-16H2,1H3. The summed E-state index contributed by atoms with van der Waals surface area (Å²) in [5.41, 5.74) is 3.06. The van der Waals surface area contributed by atoms with E-state index in [1.807, 2.05) is 73.7 Å². The lowest BCUT2D eigenvalue weighted by Crippen LogP contribution is -2.31. The summed E-state index contributed by atoms with van der Waals surface area (Å²) in [7, 11) is -3.58. The quantitative estimate of drug-likeness (QED) is 0.614. The number of anilines is 1. The Morgan fingerprint density at radius 1 is 0.893 bits per heavy atom. The van der Waals surface area contributed by atoms with Crippen LogP contribution in [0.25, 0.3) is 0 Å². The average molecular weight is 413 g/mol.